The minimum absolute atomic E-state index is 0.0493. The summed E-state index contributed by atoms with van der Waals surface area (Å²) >= 11 is 0. The van der Waals surface area contributed by atoms with Crippen molar-refractivity contribution in [3.05, 3.63) is 11.8 Å². The Morgan fingerprint density at radius 2 is 2.18 bits per heavy atom. The summed E-state index contributed by atoms with van der Waals surface area (Å²) in [6.07, 6.45) is 3.67. The molecule has 0 aliphatic carbocycles. The number of carbonyl (C=O) groups is 3. The van der Waals surface area contributed by atoms with Crippen LogP contribution in [0.25, 0.3) is 0 Å². The number of hydrogen-bond acceptors (Lipinski definition) is 5. The topological polar surface area (TPSA) is 108 Å². The van der Waals surface area contributed by atoms with E-state index >= 15 is 0 Å². The zero-order chi connectivity index (χ0) is 20.3. The van der Waals surface area contributed by atoms with Crippen LogP contribution >= 0.6 is 0 Å². The number of piperidine rings is 1. The first-order valence-electron chi connectivity index (χ1n) is 10.1. The van der Waals surface area contributed by atoms with Crippen LogP contribution in [0.2, 0.25) is 0 Å². The molecule has 0 aromatic carbocycles. The van der Waals surface area contributed by atoms with Crippen LogP contribution in [0.15, 0.2) is 6.07 Å². The summed E-state index contributed by atoms with van der Waals surface area (Å²) in [7, 11) is 0. The summed E-state index contributed by atoms with van der Waals surface area (Å²) in [5.74, 6) is -0.485. The van der Waals surface area contributed by atoms with Gasteiger partial charge in [-0.05, 0) is 32.1 Å². The summed E-state index contributed by atoms with van der Waals surface area (Å²) in [4.78, 5) is 38.8. The lowest BCUT2D eigenvalue weighted by molar-refractivity contribution is -0.144. The van der Waals surface area contributed by atoms with Crippen LogP contribution in [-0.2, 0) is 14.4 Å². The first kappa shape index (κ1) is 20.3. The van der Waals surface area contributed by atoms with Gasteiger partial charge in [0.25, 0.3) is 0 Å². The van der Waals surface area contributed by atoms with E-state index < -0.39 is 18.1 Å². The Balaban J connectivity index is 1.72. The van der Waals surface area contributed by atoms with E-state index in [9.17, 15) is 14.4 Å². The molecule has 0 bridgehead atoms. The lowest BCUT2D eigenvalue weighted by atomic mass is 10.0. The van der Waals surface area contributed by atoms with E-state index in [4.69, 9.17) is 0 Å². The van der Waals surface area contributed by atoms with Crippen molar-refractivity contribution in [3.8, 4) is 0 Å². The number of likely N-dealkylation sites (tertiary alicyclic amines) is 1. The SMILES string of the molecule is CCCC1CC(=O)NC(n2nc(C)cc2NC(=O)C(=O)N2CCCC(C)C2)N1. The van der Waals surface area contributed by atoms with Crippen molar-refractivity contribution >= 4 is 23.5 Å². The number of amides is 3. The Labute approximate surface area is 165 Å². The number of aromatic nitrogens is 2. The van der Waals surface area contributed by atoms with Crippen molar-refractivity contribution in [2.45, 2.75) is 65.2 Å². The molecule has 28 heavy (non-hydrogen) atoms. The van der Waals surface area contributed by atoms with Crippen LogP contribution in [-0.4, -0.2) is 51.5 Å². The number of rotatable bonds is 4. The molecule has 3 rings (SSSR count). The van der Waals surface area contributed by atoms with Gasteiger partial charge >= 0.3 is 11.8 Å². The third-order valence-electron chi connectivity index (χ3n) is 5.24. The van der Waals surface area contributed by atoms with Gasteiger partial charge in [0, 0.05) is 31.6 Å². The smallest absolute Gasteiger partial charge is 0.315 e. The van der Waals surface area contributed by atoms with Crippen molar-refractivity contribution in [2.75, 3.05) is 18.4 Å². The van der Waals surface area contributed by atoms with E-state index in [2.05, 4.69) is 34.9 Å². The Morgan fingerprint density at radius 1 is 1.39 bits per heavy atom. The van der Waals surface area contributed by atoms with Crippen LogP contribution in [0.1, 0.15) is 57.9 Å². The minimum Gasteiger partial charge on any atom is -0.334 e. The summed E-state index contributed by atoms with van der Waals surface area (Å²) in [6.45, 7) is 7.16. The second-order valence-electron chi connectivity index (χ2n) is 7.89. The van der Waals surface area contributed by atoms with Gasteiger partial charge in [-0.1, -0.05) is 20.3 Å². The number of nitrogens with one attached hydrogen (secondary N) is 3. The molecule has 3 amide bonds. The fourth-order valence-electron chi connectivity index (χ4n) is 3.92. The van der Waals surface area contributed by atoms with Gasteiger partial charge < -0.3 is 15.5 Å². The van der Waals surface area contributed by atoms with E-state index in [1.807, 2.05) is 0 Å². The molecule has 0 spiro atoms. The Bertz CT molecular complexity index is 746. The van der Waals surface area contributed by atoms with Crippen LogP contribution in [0, 0.1) is 12.8 Å². The number of carbonyl (C=O) groups excluding carboxylic acids is 3. The highest BCUT2D eigenvalue weighted by atomic mass is 16.2. The molecule has 1 aromatic heterocycles. The molecule has 0 saturated carbocycles. The fourth-order valence-corrected chi connectivity index (χ4v) is 3.92. The van der Waals surface area contributed by atoms with Crippen LogP contribution < -0.4 is 16.0 Å². The van der Waals surface area contributed by atoms with Crippen molar-refractivity contribution in [2.24, 2.45) is 5.92 Å². The second kappa shape index (κ2) is 8.72. The van der Waals surface area contributed by atoms with Crippen LogP contribution in [0.4, 0.5) is 5.82 Å². The molecule has 9 nitrogen and oxygen atoms in total. The van der Waals surface area contributed by atoms with E-state index in [0.29, 0.717) is 36.9 Å². The number of aryl methyl sites for hydroxylation is 1. The van der Waals surface area contributed by atoms with Gasteiger partial charge in [0.05, 0.1) is 5.69 Å². The standard InChI is InChI=1S/C19H30N6O3/c1-4-6-14-10-16(26)22-19(20-14)25-15(9-13(3)23-25)21-17(27)18(28)24-8-5-7-12(2)11-24/h9,12,14,19-20H,4-8,10-11H2,1-3H3,(H,21,27)(H,22,26). The molecule has 2 aliphatic heterocycles. The Hall–Kier alpha value is -2.42. The largest absolute Gasteiger partial charge is 0.334 e. The molecule has 3 unspecified atom stereocenters. The van der Waals surface area contributed by atoms with Crippen molar-refractivity contribution in [1.82, 2.24) is 25.3 Å². The highest BCUT2D eigenvalue weighted by Crippen LogP contribution is 2.20. The summed E-state index contributed by atoms with van der Waals surface area (Å²) in [6, 6.07) is 1.75. The normalized spacial score (nSPS) is 25.3. The van der Waals surface area contributed by atoms with E-state index in [1.165, 1.54) is 4.68 Å². The number of hydrogen-bond donors (Lipinski definition) is 3. The van der Waals surface area contributed by atoms with Crippen molar-refractivity contribution in [3.63, 3.8) is 0 Å². The third kappa shape index (κ3) is 4.70. The maximum atomic E-state index is 12.5. The average Bonchev–Trinajstić information content (AvgIpc) is 3.01. The Kier molecular flexibility index (Phi) is 6.33. The molecule has 9 heteroatoms. The predicted molar refractivity (Wildman–Crippen MR) is 104 cm³/mol. The molecule has 3 heterocycles. The molecule has 2 aliphatic rings. The quantitative estimate of drug-likeness (QED) is 0.668. The molecule has 1 aromatic rings. The van der Waals surface area contributed by atoms with Gasteiger partial charge in [-0.3, -0.25) is 19.7 Å². The summed E-state index contributed by atoms with van der Waals surface area (Å²) in [5, 5.41) is 13.3. The predicted octanol–water partition coefficient (Wildman–Crippen LogP) is 1.12. The van der Waals surface area contributed by atoms with Gasteiger partial charge in [-0.2, -0.15) is 5.10 Å². The average molecular weight is 390 g/mol. The maximum Gasteiger partial charge on any atom is 0.315 e. The van der Waals surface area contributed by atoms with Gasteiger partial charge in [-0.15, -0.1) is 0 Å². The Morgan fingerprint density at radius 3 is 2.89 bits per heavy atom. The van der Waals surface area contributed by atoms with Crippen LogP contribution in [0.3, 0.4) is 0 Å². The monoisotopic (exact) mass is 390 g/mol. The van der Waals surface area contributed by atoms with Crippen molar-refractivity contribution < 1.29 is 14.4 Å². The van der Waals surface area contributed by atoms with E-state index in [0.717, 1.165) is 25.7 Å². The molecule has 3 N–H and O–H groups in total. The van der Waals surface area contributed by atoms with Crippen LogP contribution in [0.5, 0.6) is 0 Å². The lowest BCUT2D eigenvalue weighted by Crippen LogP contribution is -2.53. The molecular formula is C19H30N6O3. The first-order valence-corrected chi connectivity index (χ1v) is 10.1. The molecule has 2 fully saturated rings. The molecule has 3 atom stereocenters. The lowest BCUT2D eigenvalue weighted by Gasteiger charge is -2.32. The van der Waals surface area contributed by atoms with Gasteiger partial charge in [0.15, 0.2) is 6.29 Å². The number of anilines is 1. The fraction of sp³-hybridized carbons (Fsp3) is 0.684. The summed E-state index contributed by atoms with van der Waals surface area (Å²) in [5.41, 5.74) is 0.683. The van der Waals surface area contributed by atoms with Gasteiger partial charge in [0.1, 0.15) is 5.82 Å². The van der Waals surface area contributed by atoms with E-state index in [-0.39, 0.29) is 11.9 Å². The maximum absolute atomic E-state index is 12.5. The highest BCUT2D eigenvalue weighted by Gasteiger charge is 2.30. The highest BCUT2D eigenvalue weighted by molar-refractivity contribution is 6.39. The zero-order valence-electron chi connectivity index (χ0n) is 16.8. The molecule has 154 valence electrons. The molecular weight excluding hydrogens is 360 g/mol. The van der Waals surface area contributed by atoms with Crippen molar-refractivity contribution in [1.29, 1.82) is 0 Å². The first-order chi connectivity index (χ1) is 13.4. The van der Waals surface area contributed by atoms with Gasteiger partial charge in [0.2, 0.25) is 5.91 Å². The third-order valence-corrected chi connectivity index (χ3v) is 5.24. The van der Waals surface area contributed by atoms with E-state index in [1.54, 1.807) is 17.9 Å². The second-order valence-corrected chi connectivity index (χ2v) is 7.89. The molecule has 2 saturated heterocycles. The minimum atomic E-state index is -0.678. The summed E-state index contributed by atoms with van der Waals surface area (Å²) < 4.78 is 1.53. The molecule has 0 radical (unpaired) electrons. The van der Waals surface area contributed by atoms with Gasteiger partial charge in [-0.25, -0.2) is 4.68 Å². The number of nitrogens with zero attached hydrogens (tertiary/aromatic N) is 3. The zero-order valence-corrected chi connectivity index (χ0v) is 16.8.